The van der Waals surface area contributed by atoms with Gasteiger partial charge in [0, 0.05) is 11.1 Å². The number of carbonyl (C=O) groups excluding carboxylic acids is 2. The second-order valence-corrected chi connectivity index (χ2v) is 4.19. The molecule has 102 valence electrons. The van der Waals surface area contributed by atoms with Gasteiger partial charge >= 0.3 is 6.16 Å². The molecule has 2 aromatic rings. The fourth-order valence-corrected chi connectivity index (χ4v) is 1.81. The van der Waals surface area contributed by atoms with E-state index in [1.807, 2.05) is 24.3 Å². The van der Waals surface area contributed by atoms with Crippen molar-refractivity contribution in [3.8, 4) is 16.9 Å². The highest BCUT2D eigenvalue weighted by Crippen LogP contribution is 2.30. The lowest BCUT2D eigenvalue weighted by Crippen LogP contribution is -2.07. The van der Waals surface area contributed by atoms with Crippen LogP contribution in [0.25, 0.3) is 11.1 Å². The van der Waals surface area contributed by atoms with Crippen molar-refractivity contribution in [3.63, 3.8) is 0 Å². The molecule has 4 nitrogen and oxygen atoms in total. The Balaban J connectivity index is 2.37. The van der Waals surface area contributed by atoms with E-state index in [0.29, 0.717) is 11.3 Å². The Labute approximate surface area is 116 Å². The van der Waals surface area contributed by atoms with Gasteiger partial charge in [-0.05, 0) is 18.6 Å². The largest absolute Gasteiger partial charge is 0.513 e. The monoisotopic (exact) mass is 270 g/mol. The molecule has 0 heterocycles. The minimum absolute atomic E-state index is 0.00986. The average molecular weight is 270 g/mol. The first-order valence-electron chi connectivity index (χ1n) is 6.08. The van der Waals surface area contributed by atoms with Crippen LogP contribution in [0.15, 0.2) is 48.5 Å². The summed E-state index contributed by atoms with van der Waals surface area (Å²) >= 11 is 0. The molecule has 0 fully saturated rings. The van der Waals surface area contributed by atoms with Gasteiger partial charge in [0.1, 0.15) is 5.75 Å². The highest BCUT2D eigenvalue weighted by molar-refractivity contribution is 5.94. The van der Waals surface area contributed by atoms with Gasteiger partial charge in [-0.3, -0.25) is 4.79 Å². The van der Waals surface area contributed by atoms with E-state index >= 15 is 0 Å². The molecule has 0 aliphatic carbocycles. The number of Topliss-reactive ketones (excluding diaryl/α,β-unsaturated/α-hetero) is 1. The van der Waals surface area contributed by atoms with Crippen molar-refractivity contribution in [2.45, 2.75) is 6.92 Å². The SMILES string of the molecule is COC(=O)Oc1ccccc1-c1ccc(C(C)=O)cc1. The molecular weight excluding hydrogens is 256 g/mol. The number of carbonyl (C=O) groups is 2. The maximum absolute atomic E-state index is 11.3. The second kappa shape index (κ2) is 6.02. The predicted molar refractivity (Wildman–Crippen MR) is 74.9 cm³/mol. The van der Waals surface area contributed by atoms with Gasteiger partial charge in [-0.1, -0.05) is 42.5 Å². The summed E-state index contributed by atoms with van der Waals surface area (Å²) in [6, 6.07) is 14.3. The first-order valence-corrected chi connectivity index (χ1v) is 6.08. The fourth-order valence-electron chi connectivity index (χ4n) is 1.81. The number of ether oxygens (including phenoxy) is 2. The molecule has 0 bridgehead atoms. The van der Waals surface area contributed by atoms with Crippen molar-refractivity contribution >= 4 is 11.9 Å². The van der Waals surface area contributed by atoms with Gasteiger partial charge in [0.25, 0.3) is 0 Å². The zero-order valence-electron chi connectivity index (χ0n) is 11.3. The van der Waals surface area contributed by atoms with E-state index in [1.165, 1.54) is 14.0 Å². The minimum Gasteiger partial charge on any atom is -0.437 e. The van der Waals surface area contributed by atoms with E-state index in [-0.39, 0.29) is 5.78 Å². The Morgan fingerprint density at radius 3 is 2.20 bits per heavy atom. The molecular formula is C16H14O4. The zero-order valence-corrected chi connectivity index (χ0v) is 11.3. The van der Waals surface area contributed by atoms with Gasteiger partial charge in [0.15, 0.2) is 5.78 Å². The Morgan fingerprint density at radius 1 is 0.950 bits per heavy atom. The van der Waals surface area contributed by atoms with Gasteiger partial charge in [0.05, 0.1) is 7.11 Å². The van der Waals surface area contributed by atoms with Crippen molar-refractivity contribution in [2.24, 2.45) is 0 Å². The van der Waals surface area contributed by atoms with Crippen LogP contribution in [0.5, 0.6) is 5.75 Å². The van der Waals surface area contributed by atoms with E-state index in [4.69, 9.17) is 4.74 Å². The summed E-state index contributed by atoms with van der Waals surface area (Å²) in [5.74, 6) is 0.422. The van der Waals surface area contributed by atoms with Crippen molar-refractivity contribution in [1.29, 1.82) is 0 Å². The highest BCUT2D eigenvalue weighted by Gasteiger charge is 2.10. The highest BCUT2D eigenvalue weighted by atomic mass is 16.7. The van der Waals surface area contributed by atoms with Crippen LogP contribution in [0.2, 0.25) is 0 Å². The molecule has 0 unspecified atom stereocenters. The smallest absolute Gasteiger partial charge is 0.437 e. The topological polar surface area (TPSA) is 52.6 Å². The van der Waals surface area contributed by atoms with Gasteiger partial charge < -0.3 is 9.47 Å². The van der Waals surface area contributed by atoms with Gasteiger partial charge in [-0.2, -0.15) is 0 Å². The number of rotatable bonds is 3. The molecule has 0 aliphatic rings. The molecule has 20 heavy (non-hydrogen) atoms. The van der Waals surface area contributed by atoms with Crippen LogP contribution >= 0.6 is 0 Å². The quantitative estimate of drug-likeness (QED) is 0.485. The normalized spacial score (nSPS) is 9.90. The van der Waals surface area contributed by atoms with Crippen LogP contribution in [0.1, 0.15) is 17.3 Å². The zero-order chi connectivity index (χ0) is 14.5. The molecule has 0 aliphatic heterocycles. The van der Waals surface area contributed by atoms with Crippen molar-refractivity contribution in [1.82, 2.24) is 0 Å². The maximum Gasteiger partial charge on any atom is 0.513 e. The third kappa shape index (κ3) is 3.03. The van der Waals surface area contributed by atoms with Crippen LogP contribution in [-0.4, -0.2) is 19.0 Å². The molecule has 2 aromatic carbocycles. The molecule has 0 amide bonds. The molecule has 0 aromatic heterocycles. The van der Waals surface area contributed by atoms with Crippen LogP contribution in [0.3, 0.4) is 0 Å². The summed E-state index contributed by atoms with van der Waals surface area (Å²) in [5, 5.41) is 0. The lowest BCUT2D eigenvalue weighted by atomic mass is 10.0. The van der Waals surface area contributed by atoms with Crippen molar-refractivity contribution in [3.05, 3.63) is 54.1 Å². The molecule has 4 heteroatoms. The van der Waals surface area contributed by atoms with Crippen molar-refractivity contribution < 1.29 is 19.1 Å². The van der Waals surface area contributed by atoms with Crippen LogP contribution in [-0.2, 0) is 4.74 Å². The number of methoxy groups -OCH3 is 1. The first-order chi connectivity index (χ1) is 9.61. The summed E-state index contributed by atoms with van der Waals surface area (Å²) in [4.78, 5) is 22.5. The van der Waals surface area contributed by atoms with E-state index in [0.717, 1.165) is 11.1 Å². The average Bonchev–Trinajstić information content (AvgIpc) is 2.48. The standard InChI is InChI=1S/C16H14O4/c1-11(17)12-7-9-13(10-8-12)14-5-3-4-6-15(14)20-16(18)19-2/h3-10H,1-2H3. The first kappa shape index (κ1) is 13.8. The van der Waals surface area contributed by atoms with Gasteiger partial charge in [0.2, 0.25) is 0 Å². The molecule has 2 rings (SSSR count). The molecule has 0 atom stereocenters. The molecule has 0 N–H and O–H groups in total. The van der Waals surface area contributed by atoms with E-state index in [1.54, 1.807) is 24.3 Å². The Morgan fingerprint density at radius 2 is 1.60 bits per heavy atom. The second-order valence-electron chi connectivity index (χ2n) is 4.19. The number of para-hydroxylation sites is 1. The summed E-state index contributed by atoms with van der Waals surface area (Å²) < 4.78 is 9.59. The molecule has 0 spiro atoms. The van der Waals surface area contributed by atoms with Gasteiger partial charge in [-0.15, -0.1) is 0 Å². The third-order valence-corrected chi connectivity index (χ3v) is 2.85. The predicted octanol–water partition coefficient (Wildman–Crippen LogP) is 3.70. The minimum atomic E-state index is -0.766. The summed E-state index contributed by atoms with van der Waals surface area (Å²) in [6.07, 6.45) is -0.766. The Hall–Kier alpha value is -2.62. The van der Waals surface area contributed by atoms with Crippen LogP contribution < -0.4 is 4.74 Å². The summed E-state index contributed by atoms with van der Waals surface area (Å²) in [5.41, 5.74) is 2.25. The van der Waals surface area contributed by atoms with E-state index < -0.39 is 6.16 Å². The lowest BCUT2D eigenvalue weighted by molar-refractivity contribution is 0.101. The molecule has 0 saturated carbocycles. The summed E-state index contributed by atoms with van der Waals surface area (Å²) in [6.45, 7) is 1.52. The maximum atomic E-state index is 11.3. The number of benzene rings is 2. The Bertz CT molecular complexity index is 629. The van der Waals surface area contributed by atoms with Crippen molar-refractivity contribution in [2.75, 3.05) is 7.11 Å². The Kier molecular flexibility index (Phi) is 4.15. The van der Waals surface area contributed by atoms with E-state index in [2.05, 4.69) is 4.74 Å². The van der Waals surface area contributed by atoms with Crippen LogP contribution in [0.4, 0.5) is 4.79 Å². The van der Waals surface area contributed by atoms with E-state index in [9.17, 15) is 9.59 Å². The molecule has 0 radical (unpaired) electrons. The fraction of sp³-hybridized carbons (Fsp3) is 0.125. The lowest BCUT2D eigenvalue weighted by Gasteiger charge is -2.09. The van der Waals surface area contributed by atoms with Crippen LogP contribution in [0, 0.1) is 0 Å². The number of hydrogen-bond donors (Lipinski definition) is 0. The molecule has 0 saturated heterocycles. The van der Waals surface area contributed by atoms with Gasteiger partial charge in [-0.25, -0.2) is 4.79 Å². The number of ketones is 1. The summed E-state index contributed by atoms with van der Waals surface area (Å²) in [7, 11) is 1.26. The third-order valence-electron chi connectivity index (χ3n) is 2.85. The number of hydrogen-bond acceptors (Lipinski definition) is 4.